The third kappa shape index (κ3) is 6.63. The van der Waals surface area contributed by atoms with Crippen LogP contribution in [-0.2, 0) is 11.3 Å². The predicted octanol–water partition coefficient (Wildman–Crippen LogP) is 3.90. The maximum atomic E-state index is 13.3. The van der Waals surface area contributed by atoms with Crippen molar-refractivity contribution in [3.63, 3.8) is 0 Å². The molecule has 1 N–H and O–H groups in total. The summed E-state index contributed by atoms with van der Waals surface area (Å²) in [5.74, 6) is -0.348. The van der Waals surface area contributed by atoms with Gasteiger partial charge in [0.2, 0.25) is 5.91 Å². The lowest BCUT2D eigenvalue weighted by Crippen LogP contribution is -2.50. The summed E-state index contributed by atoms with van der Waals surface area (Å²) in [6.45, 7) is 4.81. The van der Waals surface area contributed by atoms with Crippen molar-refractivity contribution in [1.82, 2.24) is 34.2 Å². The van der Waals surface area contributed by atoms with E-state index in [-0.39, 0.29) is 45.7 Å². The van der Waals surface area contributed by atoms with Crippen LogP contribution in [0.4, 0.5) is 14.5 Å². The minimum atomic E-state index is -3.10. The maximum Gasteiger partial charge on any atom is 0.387 e. The van der Waals surface area contributed by atoms with Crippen LogP contribution in [0.2, 0.25) is 5.02 Å². The number of ether oxygens (including phenoxy) is 1. The second kappa shape index (κ2) is 12.2. The fourth-order valence-corrected chi connectivity index (χ4v) is 4.96. The zero-order valence-corrected chi connectivity index (χ0v) is 23.3. The number of alkyl halides is 2. The number of hydrogen-bond donors (Lipinski definition) is 1. The lowest BCUT2D eigenvalue weighted by atomic mass is 10.1. The van der Waals surface area contributed by atoms with Gasteiger partial charge in [0.15, 0.2) is 5.65 Å². The van der Waals surface area contributed by atoms with Gasteiger partial charge in [-0.15, -0.1) is 0 Å². The molecule has 0 aliphatic carbocycles. The molecule has 0 saturated carbocycles. The van der Waals surface area contributed by atoms with Crippen LogP contribution in [-0.4, -0.2) is 85.3 Å². The van der Waals surface area contributed by atoms with Gasteiger partial charge in [0.05, 0.1) is 11.9 Å². The number of carbonyl (C=O) groups excluding carboxylic acids is 2. The Morgan fingerprint density at radius 2 is 1.95 bits per heavy atom. The fourth-order valence-electron chi connectivity index (χ4n) is 4.79. The van der Waals surface area contributed by atoms with E-state index in [0.29, 0.717) is 24.7 Å². The first kappa shape index (κ1) is 28.4. The van der Waals surface area contributed by atoms with E-state index < -0.39 is 12.5 Å². The highest BCUT2D eigenvalue weighted by atomic mass is 35.5. The Bertz CT molecular complexity index is 1550. The third-order valence-electron chi connectivity index (χ3n) is 6.59. The van der Waals surface area contributed by atoms with Gasteiger partial charge in [-0.25, -0.2) is 9.50 Å². The lowest BCUT2D eigenvalue weighted by Gasteiger charge is -2.35. The van der Waals surface area contributed by atoms with Crippen LogP contribution in [0, 0.1) is 5.92 Å². The van der Waals surface area contributed by atoms with Crippen molar-refractivity contribution in [3.05, 3.63) is 59.6 Å². The Morgan fingerprint density at radius 1 is 1.17 bits per heavy atom. The molecule has 41 heavy (non-hydrogen) atoms. The molecule has 5 rings (SSSR count). The summed E-state index contributed by atoms with van der Waals surface area (Å²) < 4.78 is 34.0. The first-order chi connectivity index (χ1) is 19.7. The standard InChI is InChI=1S/C27H29ClF2N8O3/c1-17(2)14-35-8-10-36(11-9-35)23(39)16-37-15-21(33-26(40)20-13-32-38-7-3-6-31-25(20)38)24(34-37)19-12-18(28)4-5-22(19)41-27(29)30/h3-7,12-13,15,17,27H,8-11,14,16H2,1-2H3,(H,33,40). The molecule has 1 aliphatic rings. The Balaban J connectivity index is 1.43. The summed E-state index contributed by atoms with van der Waals surface area (Å²) in [4.78, 5) is 34.8. The van der Waals surface area contributed by atoms with Gasteiger partial charge >= 0.3 is 6.61 Å². The second-order valence-corrected chi connectivity index (χ2v) is 10.5. The molecule has 1 aromatic carbocycles. The Kier molecular flexibility index (Phi) is 8.45. The highest BCUT2D eigenvalue weighted by molar-refractivity contribution is 6.31. The number of rotatable bonds is 9. The molecule has 216 valence electrons. The van der Waals surface area contributed by atoms with Crippen molar-refractivity contribution in [2.24, 2.45) is 5.92 Å². The molecule has 1 fully saturated rings. The zero-order chi connectivity index (χ0) is 29.1. The van der Waals surface area contributed by atoms with Crippen LogP contribution in [0.5, 0.6) is 5.75 Å². The van der Waals surface area contributed by atoms with Crippen LogP contribution < -0.4 is 10.1 Å². The SMILES string of the molecule is CC(C)CN1CCN(C(=O)Cn2cc(NC(=O)c3cnn4cccnc34)c(-c3cc(Cl)ccc3OC(F)F)n2)CC1. The smallest absolute Gasteiger partial charge is 0.387 e. The molecular weight excluding hydrogens is 558 g/mol. The van der Waals surface area contributed by atoms with Crippen LogP contribution >= 0.6 is 11.6 Å². The van der Waals surface area contributed by atoms with Crippen molar-refractivity contribution in [1.29, 1.82) is 0 Å². The number of piperazine rings is 1. The minimum Gasteiger partial charge on any atom is -0.434 e. The molecule has 4 heterocycles. The predicted molar refractivity (Wildman–Crippen MR) is 148 cm³/mol. The van der Waals surface area contributed by atoms with Crippen molar-refractivity contribution >= 4 is 34.7 Å². The van der Waals surface area contributed by atoms with Crippen molar-refractivity contribution in [3.8, 4) is 17.0 Å². The van der Waals surface area contributed by atoms with Gasteiger partial charge in [0.25, 0.3) is 5.91 Å². The molecule has 2 amide bonds. The largest absolute Gasteiger partial charge is 0.434 e. The van der Waals surface area contributed by atoms with Gasteiger partial charge in [-0.2, -0.15) is 19.0 Å². The molecular formula is C27H29ClF2N8O3. The molecule has 0 bridgehead atoms. The Labute approximate surface area is 239 Å². The van der Waals surface area contributed by atoms with E-state index in [2.05, 4.69) is 39.2 Å². The van der Waals surface area contributed by atoms with Gasteiger partial charge in [-0.3, -0.25) is 19.2 Å². The van der Waals surface area contributed by atoms with E-state index >= 15 is 0 Å². The minimum absolute atomic E-state index is 0.107. The molecule has 0 unspecified atom stereocenters. The van der Waals surface area contributed by atoms with Crippen LogP contribution in [0.25, 0.3) is 16.9 Å². The maximum absolute atomic E-state index is 13.3. The number of amides is 2. The van der Waals surface area contributed by atoms with Gasteiger partial charge in [0.1, 0.15) is 23.6 Å². The van der Waals surface area contributed by atoms with Crippen molar-refractivity contribution in [2.45, 2.75) is 27.0 Å². The normalized spacial score (nSPS) is 14.3. The van der Waals surface area contributed by atoms with E-state index in [0.717, 1.165) is 19.6 Å². The van der Waals surface area contributed by atoms with Crippen LogP contribution in [0.15, 0.2) is 49.1 Å². The Hall–Kier alpha value is -4.10. The summed E-state index contributed by atoms with van der Waals surface area (Å²) in [7, 11) is 0. The second-order valence-electron chi connectivity index (χ2n) is 10.1. The highest BCUT2D eigenvalue weighted by Gasteiger charge is 2.25. The number of nitrogens with zero attached hydrogens (tertiary/aromatic N) is 7. The lowest BCUT2D eigenvalue weighted by molar-refractivity contribution is -0.133. The van der Waals surface area contributed by atoms with E-state index in [9.17, 15) is 18.4 Å². The number of hydrogen-bond acceptors (Lipinski definition) is 7. The first-order valence-electron chi connectivity index (χ1n) is 13.1. The number of nitrogens with one attached hydrogen (secondary N) is 1. The molecule has 3 aromatic heterocycles. The number of carbonyl (C=O) groups is 2. The fraction of sp³-hybridized carbons (Fsp3) is 0.370. The quantitative estimate of drug-likeness (QED) is 0.317. The van der Waals surface area contributed by atoms with E-state index in [1.807, 2.05) is 0 Å². The summed E-state index contributed by atoms with van der Waals surface area (Å²) in [5.41, 5.74) is 0.918. The number of anilines is 1. The average Bonchev–Trinajstić information content (AvgIpc) is 3.53. The average molecular weight is 587 g/mol. The van der Waals surface area contributed by atoms with Gasteiger partial charge in [-0.05, 0) is 30.2 Å². The topological polar surface area (TPSA) is 110 Å². The monoisotopic (exact) mass is 586 g/mol. The van der Waals surface area contributed by atoms with E-state index in [4.69, 9.17) is 16.3 Å². The molecule has 4 aromatic rings. The van der Waals surface area contributed by atoms with Crippen molar-refractivity contribution < 1.29 is 23.1 Å². The van der Waals surface area contributed by atoms with Gasteiger partial charge in [-0.1, -0.05) is 25.4 Å². The molecule has 1 saturated heterocycles. The van der Waals surface area contributed by atoms with Crippen LogP contribution in [0.3, 0.4) is 0 Å². The molecule has 0 radical (unpaired) electrons. The number of benzene rings is 1. The van der Waals surface area contributed by atoms with Crippen molar-refractivity contribution in [2.75, 3.05) is 38.0 Å². The van der Waals surface area contributed by atoms with Gasteiger partial charge < -0.3 is 15.0 Å². The third-order valence-corrected chi connectivity index (χ3v) is 6.83. The van der Waals surface area contributed by atoms with Gasteiger partial charge in [0, 0.05) is 61.9 Å². The van der Waals surface area contributed by atoms with E-state index in [1.165, 1.54) is 46.0 Å². The van der Waals surface area contributed by atoms with Crippen LogP contribution in [0.1, 0.15) is 24.2 Å². The zero-order valence-electron chi connectivity index (χ0n) is 22.5. The molecule has 0 spiro atoms. The number of halogens is 3. The number of fused-ring (bicyclic) bond motifs is 1. The molecule has 11 nitrogen and oxygen atoms in total. The first-order valence-corrected chi connectivity index (χ1v) is 13.5. The summed E-state index contributed by atoms with van der Waals surface area (Å²) >= 11 is 6.19. The summed E-state index contributed by atoms with van der Waals surface area (Å²) in [6, 6.07) is 5.79. The molecule has 1 aliphatic heterocycles. The summed E-state index contributed by atoms with van der Waals surface area (Å²) in [5, 5.41) is 11.6. The highest BCUT2D eigenvalue weighted by Crippen LogP contribution is 2.37. The number of aromatic nitrogens is 5. The molecule has 14 heteroatoms. The molecule has 0 atom stereocenters. The van der Waals surface area contributed by atoms with E-state index in [1.54, 1.807) is 17.2 Å². The summed E-state index contributed by atoms with van der Waals surface area (Å²) in [6.07, 6.45) is 6.03. The Morgan fingerprint density at radius 3 is 2.68 bits per heavy atom.